The third-order valence-corrected chi connectivity index (χ3v) is 6.58. The van der Waals surface area contributed by atoms with Crippen molar-refractivity contribution in [1.29, 1.82) is 0 Å². The topological polar surface area (TPSA) is 35.2 Å². The molecule has 3 aromatic rings. The summed E-state index contributed by atoms with van der Waals surface area (Å²) in [6.07, 6.45) is 11.5. The lowest BCUT2D eigenvalue weighted by Crippen LogP contribution is -2.46. The average Bonchev–Trinajstić information content (AvgIpc) is 3.07. The molecule has 27 heavy (non-hydrogen) atoms. The fraction of sp³-hybridized carbons (Fsp3) is 0.522. The molecule has 2 aromatic heterocycles. The van der Waals surface area contributed by atoms with E-state index in [4.69, 9.17) is 4.98 Å². The number of rotatable bonds is 2. The Morgan fingerprint density at radius 2 is 1.56 bits per heavy atom. The van der Waals surface area contributed by atoms with E-state index in [1.807, 2.05) is 6.20 Å². The molecule has 4 heterocycles. The van der Waals surface area contributed by atoms with Crippen LogP contribution in [-0.4, -0.2) is 47.1 Å². The van der Waals surface area contributed by atoms with Crippen molar-refractivity contribution in [3.63, 3.8) is 0 Å². The molecule has 2 fully saturated rings. The monoisotopic (exact) mass is 362 g/mol. The smallest absolute Gasteiger partial charge is 0.152 e. The summed E-state index contributed by atoms with van der Waals surface area (Å²) in [6.45, 7) is 4.84. The maximum Gasteiger partial charge on any atom is 0.152 e. The maximum atomic E-state index is 4.77. The van der Waals surface area contributed by atoms with Crippen LogP contribution in [0.2, 0.25) is 0 Å². The maximum absolute atomic E-state index is 4.77. The minimum atomic E-state index is 0.765. The van der Waals surface area contributed by atoms with Gasteiger partial charge in [0.1, 0.15) is 0 Å². The molecule has 2 aliphatic rings. The predicted molar refractivity (Wildman–Crippen MR) is 113 cm³/mol. The minimum absolute atomic E-state index is 0.765. The normalized spacial score (nSPS) is 20.8. The first-order valence-electron chi connectivity index (χ1n) is 10.7. The van der Waals surface area contributed by atoms with Crippen LogP contribution in [0.4, 0.5) is 5.82 Å². The van der Waals surface area contributed by atoms with Gasteiger partial charge in [-0.25, -0.2) is 4.98 Å². The van der Waals surface area contributed by atoms with Crippen molar-refractivity contribution in [2.45, 2.75) is 51.0 Å². The molecule has 0 amide bonds. The molecule has 142 valence electrons. The molecular formula is C23H30N4. The van der Waals surface area contributed by atoms with Crippen LogP contribution in [0.25, 0.3) is 21.8 Å². The molecule has 0 atom stereocenters. The summed E-state index contributed by atoms with van der Waals surface area (Å²) < 4.78 is 0. The van der Waals surface area contributed by atoms with Gasteiger partial charge in [0.25, 0.3) is 0 Å². The second-order valence-corrected chi connectivity index (χ2v) is 8.25. The van der Waals surface area contributed by atoms with Crippen LogP contribution in [0.5, 0.6) is 0 Å². The first kappa shape index (κ1) is 17.1. The number of hydrogen-bond donors (Lipinski definition) is 1. The van der Waals surface area contributed by atoms with Gasteiger partial charge in [-0.05, 0) is 50.9 Å². The number of benzene rings is 1. The van der Waals surface area contributed by atoms with Crippen molar-refractivity contribution in [1.82, 2.24) is 14.9 Å². The quantitative estimate of drug-likeness (QED) is 0.700. The number of nitrogens with one attached hydrogen (secondary N) is 1. The number of pyridine rings is 1. The van der Waals surface area contributed by atoms with E-state index in [0.717, 1.165) is 24.9 Å². The minimum Gasteiger partial charge on any atom is -0.355 e. The molecule has 0 spiro atoms. The Bertz CT molecular complexity index is 899. The number of piperidine rings is 1. The van der Waals surface area contributed by atoms with Crippen molar-refractivity contribution in [3.05, 3.63) is 36.5 Å². The molecule has 2 saturated heterocycles. The third-order valence-electron chi connectivity index (χ3n) is 6.58. The van der Waals surface area contributed by atoms with Gasteiger partial charge in [0, 0.05) is 41.6 Å². The lowest BCUT2D eigenvalue weighted by molar-refractivity contribution is 0.155. The second-order valence-electron chi connectivity index (χ2n) is 8.25. The average molecular weight is 363 g/mol. The van der Waals surface area contributed by atoms with Crippen molar-refractivity contribution in [2.75, 3.05) is 31.1 Å². The molecule has 1 N–H and O–H groups in total. The molecule has 0 aliphatic carbocycles. The molecule has 5 rings (SSSR count). The Labute approximate surface area is 161 Å². The summed E-state index contributed by atoms with van der Waals surface area (Å²) in [7, 11) is 0. The van der Waals surface area contributed by atoms with E-state index in [0.29, 0.717) is 0 Å². The number of nitrogens with zero attached hydrogens (tertiary/aromatic N) is 3. The summed E-state index contributed by atoms with van der Waals surface area (Å²) in [5, 5.41) is 2.59. The van der Waals surface area contributed by atoms with Gasteiger partial charge < -0.3 is 14.8 Å². The zero-order valence-electron chi connectivity index (χ0n) is 16.2. The van der Waals surface area contributed by atoms with Crippen LogP contribution < -0.4 is 4.90 Å². The zero-order chi connectivity index (χ0) is 18.1. The Hall–Kier alpha value is -2.07. The van der Waals surface area contributed by atoms with E-state index in [-0.39, 0.29) is 0 Å². The standard InChI is InChI=1S/C23H30N4/c1-2-6-14-26(15-7-3-1)18-11-16-27(17-12-18)23-22-20(10-13-24-23)19-8-4-5-9-21(19)25-22/h4-5,8-10,13,18,25H,1-3,6-7,11-12,14-17H2. The highest BCUT2D eigenvalue weighted by Crippen LogP contribution is 2.32. The number of likely N-dealkylation sites (tertiary alicyclic amines) is 1. The highest BCUT2D eigenvalue weighted by molar-refractivity contribution is 6.10. The number of fused-ring (bicyclic) bond motifs is 3. The molecule has 0 unspecified atom stereocenters. The van der Waals surface area contributed by atoms with E-state index in [9.17, 15) is 0 Å². The molecule has 0 saturated carbocycles. The highest BCUT2D eigenvalue weighted by atomic mass is 15.2. The molecule has 4 nitrogen and oxygen atoms in total. The fourth-order valence-corrected chi connectivity index (χ4v) is 5.08. The predicted octanol–water partition coefficient (Wildman–Crippen LogP) is 4.95. The summed E-state index contributed by atoms with van der Waals surface area (Å²) in [5.41, 5.74) is 2.40. The van der Waals surface area contributed by atoms with E-state index >= 15 is 0 Å². The lowest BCUT2D eigenvalue weighted by atomic mass is 10.00. The third kappa shape index (κ3) is 3.31. The van der Waals surface area contributed by atoms with Gasteiger partial charge in [-0.1, -0.05) is 37.5 Å². The number of aromatic nitrogens is 2. The van der Waals surface area contributed by atoms with Gasteiger partial charge in [0.05, 0.1) is 5.52 Å². The van der Waals surface area contributed by atoms with Crippen molar-refractivity contribution < 1.29 is 0 Å². The molecule has 2 aliphatic heterocycles. The molecule has 0 bridgehead atoms. The van der Waals surface area contributed by atoms with Crippen LogP contribution >= 0.6 is 0 Å². The Balaban J connectivity index is 1.35. The van der Waals surface area contributed by atoms with E-state index in [1.165, 1.54) is 79.8 Å². The Morgan fingerprint density at radius 1 is 0.815 bits per heavy atom. The van der Waals surface area contributed by atoms with Crippen molar-refractivity contribution >= 4 is 27.6 Å². The lowest BCUT2D eigenvalue weighted by Gasteiger charge is -2.39. The molecule has 4 heteroatoms. The van der Waals surface area contributed by atoms with E-state index < -0.39 is 0 Å². The van der Waals surface area contributed by atoms with E-state index in [2.05, 4.69) is 45.1 Å². The van der Waals surface area contributed by atoms with Crippen LogP contribution in [0.1, 0.15) is 44.9 Å². The number of hydrogen-bond acceptors (Lipinski definition) is 3. The van der Waals surface area contributed by atoms with Crippen LogP contribution in [0, 0.1) is 0 Å². The summed E-state index contributed by atoms with van der Waals surface area (Å²) >= 11 is 0. The summed E-state index contributed by atoms with van der Waals surface area (Å²) in [4.78, 5) is 13.7. The van der Waals surface area contributed by atoms with E-state index in [1.54, 1.807) is 0 Å². The van der Waals surface area contributed by atoms with Gasteiger partial charge >= 0.3 is 0 Å². The number of H-pyrrole nitrogens is 1. The SMILES string of the molecule is c1ccc2c(c1)[nH]c1c(N3CCC(N4CCCCCCC4)CC3)nccc12. The highest BCUT2D eigenvalue weighted by Gasteiger charge is 2.26. The largest absolute Gasteiger partial charge is 0.355 e. The number of aromatic amines is 1. The van der Waals surface area contributed by atoms with Crippen molar-refractivity contribution in [2.24, 2.45) is 0 Å². The van der Waals surface area contributed by atoms with Gasteiger partial charge in [-0.15, -0.1) is 0 Å². The zero-order valence-corrected chi connectivity index (χ0v) is 16.2. The fourth-order valence-electron chi connectivity index (χ4n) is 5.08. The van der Waals surface area contributed by atoms with Gasteiger partial charge in [-0.3, -0.25) is 0 Å². The first-order chi connectivity index (χ1) is 13.4. The first-order valence-corrected chi connectivity index (χ1v) is 10.7. The second kappa shape index (κ2) is 7.51. The van der Waals surface area contributed by atoms with Gasteiger partial charge in [0.15, 0.2) is 5.82 Å². The van der Waals surface area contributed by atoms with Crippen LogP contribution in [-0.2, 0) is 0 Å². The molecule has 1 aromatic carbocycles. The Morgan fingerprint density at radius 3 is 2.37 bits per heavy atom. The summed E-state index contributed by atoms with van der Waals surface area (Å²) in [5.74, 6) is 1.13. The number of para-hydroxylation sites is 1. The molecular weight excluding hydrogens is 332 g/mol. The van der Waals surface area contributed by atoms with Crippen LogP contribution in [0.3, 0.4) is 0 Å². The van der Waals surface area contributed by atoms with Gasteiger partial charge in [-0.2, -0.15) is 0 Å². The number of anilines is 1. The van der Waals surface area contributed by atoms with Crippen LogP contribution in [0.15, 0.2) is 36.5 Å². The molecule has 0 radical (unpaired) electrons. The summed E-state index contributed by atoms with van der Waals surface area (Å²) in [6, 6.07) is 11.5. The van der Waals surface area contributed by atoms with Gasteiger partial charge in [0.2, 0.25) is 0 Å². The Kier molecular flexibility index (Phi) is 4.74. The van der Waals surface area contributed by atoms with Crippen molar-refractivity contribution in [3.8, 4) is 0 Å².